The number of carbonyl (C=O) groups excluding carboxylic acids is 1. The molecule has 0 saturated carbocycles. The summed E-state index contributed by atoms with van der Waals surface area (Å²) in [7, 11) is -1.65. The number of amides is 1. The fraction of sp³-hybridized carbons (Fsp3) is 0.696. The number of anilines is 1. The van der Waals surface area contributed by atoms with Gasteiger partial charge in [0.25, 0.3) is 5.91 Å². The van der Waals surface area contributed by atoms with Gasteiger partial charge in [-0.05, 0) is 58.4 Å². The second kappa shape index (κ2) is 12.5. The molecular weight excluding hydrogens is 446 g/mol. The average molecular weight is 486 g/mol. The standard InChI is InChI=1S/C23H39N3O6S/c1-16-14-26(17(2)15-27)23(28)20-12-19(25-33(5,29)30)9-10-21(20)32-18(3)8-6-7-11-31-22(16)13-24-4/h9-10,12,16-18,22,24-25,27H,6-8,11,13-15H2,1-5H3/t16-,17+,18-,22-/m1/s1. The highest BCUT2D eigenvalue weighted by Crippen LogP contribution is 2.28. The lowest BCUT2D eigenvalue weighted by molar-refractivity contribution is -0.000450. The Kier molecular flexibility index (Phi) is 10.4. The van der Waals surface area contributed by atoms with Crippen LogP contribution in [0, 0.1) is 5.92 Å². The molecule has 1 amide bonds. The molecule has 3 N–H and O–H groups in total. The topological polar surface area (TPSA) is 117 Å². The van der Waals surface area contributed by atoms with Crippen LogP contribution in [0.3, 0.4) is 0 Å². The van der Waals surface area contributed by atoms with Gasteiger partial charge >= 0.3 is 0 Å². The lowest BCUT2D eigenvalue weighted by atomic mass is 10.0. The third kappa shape index (κ3) is 8.44. The molecule has 0 unspecified atom stereocenters. The molecule has 33 heavy (non-hydrogen) atoms. The lowest BCUT2D eigenvalue weighted by Gasteiger charge is -2.34. The molecule has 0 bridgehead atoms. The van der Waals surface area contributed by atoms with Crippen LogP contribution in [0.15, 0.2) is 18.2 Å². The molecule has 0 saturated heterocycles. The second-order valence-corrected chi connectivity index (χ2v) is 10.7. The fourth-order valence-corrected chi connectivity index (χ4v) is 4.45. The molecule has 4 atom stereocenters. The van der Waals surface area contributed by atoms with Crippen LogP contribution in [0.2, 0.25) is 0 Å². The maximum Gasteiger partial charge on any atom is 0.258 e. The molecule has 0 radical (unpaired) electrons. The summed E-state index contributed by atoms with van der Waals surface area (Å²) in [5.41, 5.74) is 0.536. The molecular formula is C23H39N3O6S. The quantitative estimate of drug-likeness (QED) is 0.565. The molecule has 10 heteroatoms. The van der Waals surface area contributed by atoms with Gasteiger partial charge in [0.2, 0.25) is 10.0 Å². The van der Waals surface area contributed by atoms with Crippen molar-refractivity contribution < 1.29 is 27.8 Å². The highest BCUT2D eigenvalue weighted by Gasteiger charge is 2.29. The van der Waals surface area contributed by atoms with Crippen molar-refractivity contribution in [1.29, 1.82) is 0 Å². The van der Waals surface area contributed by atoms with Crippen molar-refractivity contribution in [3.8, 4) is 5.75 Å². The molecule has 1 aromatic rings. The molecule has 188 valence electrons. The van der Waals surface area contributed by atoms with E-state index in [9.17, 15) is 18.3 Å². The van der Waals surface area contributed by atoms with E-state index in [1.807, 2.05) is 20.9 Å². The van der Waals surface area contributed by atoms with Crippen molar-refractivity contribution in [2.24, 2.45) is 5.92 Å². The number of nitrogens with zero attached hydrogens (tertiary/aromatic N) is 1. The predicted octanol–water partition coefficient (Wildman–Crippen LogP) is 2.07. The van der Waals surface area contributed by atoms with E-state index in [0.29, 0.717) is 25.4 Å². The zero-order chi connectivity index (χ0) is 24.6. The number of likely N-dealkylation sites (N-methyl/N-ethyl adjacent to an activating group) is 1. The monoisotopic (exact) mass is 485 g/mol. The van der Waals surface area contributed by atoms with Gasteiger partial charge in [-0.2, -0.15) is 0 Å². The van der Waals surface area contributed by atoms with E-state index >= 15 is 0 Å². The molecule has 0 spiro atoms. The minimum Gasteiger partial charge on any atom is -0.490 e. The fourth-order valence-electron chi connectivity index (χ4n) is 3.89. The molecule has 1 aliphatic rings. The van der Waals surface area contributed by atoms with Crippen LogP contribution < -0.4 is 14.8 Å². The molecule has 0 fully saturated rings. The maximum absolute atomic E-state index is 13.7. The Bertz CT molecular complexity index is 879. The molecule has 0 aliphatic carbocycles. The first-order valence-electron chi connectivity index (χ1n) is 11.5. The average Bonchev–Trinajstić information content (AvgIpc) is 2.74. The summed E-state index contributed by atoms with van der Waals surface area (Å²) in [5.74, 6) is 0.0661. The first kappa shape index (κ1) is 27.4. The highest BCUT2D eigenvalue weighted by molar-refractivity contribution is 7.92. The molecule has 1 aliphatic heterocycles. The SMILES string of the molecule is CNC[C@H]1OCCCC[C@@H](C)Oc2ccc(NS(C)(=O)=O)cc2C(=O)N([C@@H](C)CO)C[C@H]1C. The number of sulfonamides is 1. The van der Waals surface area contributed by atoms with Crippen molar-refractivity contribution in [1.82, 2.24) is 10.2 Å². The van der Waals surface area contributed by atoms with Crippen LogP contribution in [-0.4, -0.2) is 82.2 Å². The smallest absolute Gasteiger partial charge is 0.258 e. The van der Waals surface area contributed by atoms with E-state index in [0.717, 1.165) is 25.5 Å². The van der Waals surface area contributed by atoms with Gasteiger partial charge in [0, 0.05) is 31.3 Å². The molecule has 1 heterocycles. The third-order valence-electron chi connectivity index (χ3n) is 5.76. The van der Waals surface area contributed by atoms with E-state index in [2.05, 4.69) is 10.0 Å². The van der Waals surface area contributed by atoms with Crippen LogP contribution in [0.5, 0.6) is 5.75 Å². The number of hydrogen-bond donors (Lipinski definition) is 3. The van der Waals surface area contributed by atoms with Gasteiger partial charge in [-0.25, -0.2) is 8.42 Å². The van der Waals surface area contributed by atoms with E-state index in [4.69, 9.17) is 9.47 Å². The van der Waals surface area contributed by atoms with E-state index in [1.165, 1.54) is 6.07 Å². The number of fused-ring (bicyclic) bond motifs is 1. The predicted molar refractivity (Wildman–Crippen MR) is 129 cm³/mol. The summed E-state index contributed by atoms with van der Waals surface area (Å²) in [5, 5.41) is 13.0. The summed E-state index contributed by atoms with van der Waals surface area (Å²) >= 11 is 0. The number of aliphatic hydroxyl groups excluding tert-OH is 1. The van der Waals surface area contributed by atoms with E-state index < -0.39 is 16.1 Å². The number of nitrogens with one attached hydrogen (secondary N) is 2. The number of carbonyl (C=O) groups is 1. The van der Waals surface area contributed by atoms with Crippen LogP contribution in [0.4, 0.5) is 5.69 Å². The summed E-state index contributed by atoms with van der Waals surface area (Å²) in [6, 6.07) is 4.27. The minimum absolute atomic E-state index is 0.000963. The molecule has 1 aromatic carbocycles. The summed E-state index contributed by atoms with van der Waals surface area (Å²) < 4.78 is 38.2. The Balaban J connectivity index is 2.51. The second-order valence-electron chi connectivity index (χ2n) is 8.94. The van der Waals surface area contributed by atoms with Gasteiger partial charge < -0.3 is 24.8 Å². The summed E-state index contributed by atoms with van der Waals surface area (Å²) in [4.78, 5) is 15.4. The minimum atomic E-state index is -3.52. The molecule has 2 rings (SSSR count). The third-order valence-corrected chi connectivity index (χ3v) is 6.37. The van der Waals surface area contributed by atoms with Gasteiger partial charge in [-0.15, -0.1) is 0 Å². The Labute approximate surface area is 197 Å². The number of ether oxygens (including phenoxy) is 2. The van der Waals surface area contributed by atoms with Crippen molar-refractivity contribution in [3.05, 3.63) is 23.8 Å². The Morgan fingerprint density at radius 3 is 2.64 bits per heavy atom. The zero-order valence-corrected chi connectivity index (χ0v) is 21.2. The van der Waals surface area contributed by atoms with Gasteiger partial charge in [-0.1, -0.05) is 6.92 Å². The van der Waals surface area contributed by atoms with Gasteiger partial charge in [0.15, 0.2) is 0 Å². The number of rotatable bonds is 6. The van der Waals surface area contributed by atoms with Crippen molar-refractivity contribution in [2.45, 2.75) is 58.3 Å². The molecule has 0 aromatic heterocycles. The summed E-state index contributed by atoms with van der Waals surface area (Å²) in [6.45, 7) is 7.20. The van der Waals surface area contributed by atoms with Crippen LogP contribution in [0.25, 0.3) is 0 Å². The van der Waals surface area contributed by atoms with Crippen LogP contribution >= 0.6 is 0 Å². The Morgan fingerprint density at radius 2 is 2.00 bits per heavy atom. The highest BCUT2D eigenvalue weighted by atomic mass is 32.2. The first-order chi connectivity index (χ1) is 15.6. The van der Waals surface area contributed by atoms with E-state index in [-0.39, 0.29) is 41.9 Å². The van der Waals surface area contributed by atoms with Gasteiger partial charge in [0.05, 0.1) is 36.7 Å². The number of hydrogen-bond acceptors (Lipinski definition) is 7. The first-order valence-corrected chi connectivity index (χ1v) is 13.4. The van der Waals surface area contributed by atoms with Crippen LogP contribution in [0.1, 0.15) is 50.4 Å². The van der Waals surface area contributed by atoms with Crippen molar-refractivity contribution in [3.63, 3.8) is 0 Å². The normalized spacial score (nSPS) is 24.4. The van der Waals surface area contributed by atoms with E-state index in [1.54, 1.807) is 24.0 Å². The number of benzene rings is 1. The van der Waals surface area contributed by atoms with Crippen molar-refractivity contribution in [2.75, 3.05) is 44.3 Å². The summed E-state index contributed by atoms with van der Waals surface area (Å²) in [6.07, 6.45) is 3.45. The maximum atomic E-state index is 13.7. The Morgan fingerprint density at radius 1 is 1.27 bits per heavy atom. The largest absolute Gasteiger partial charge is 0.490 e. The zero-order valence-electron chi connectivity index (χ0n) is 20.3. The Hall–Kier alpha value is -1.88. The van der Waals surface area contributed by atoms with Gasteiger partial charge in [0.1, 0.15) is 5.75 Å². The van der Waals surface area contributed by atoms with Crippen LogP contribution in [-0.2, 0) is 14.8 Å². The number of aliphatic hydroxyl groups is 1. The van der Waals surface area contributed by atoms with Crippen molar-refractivity contribution >= 4 is 21.6 Å². The van der Waals surface area contributed by atoms with Gasteiger partial charge in [-0.3, -0.25) is 9.52 Å². The molecule has 9 nitrogen and oxygen atoms in total. The lowest BCUT2D eigenvalue weighted by Crippen LogP contribution is -2.47.